The minimum Gasteiger partial charge on any atom is -0.399 e. The third kappa shape index (κ3) is 1.84. The summed E-state index contributed by atoms with van der Waals surface area (Å²) in [5, 5.41) is 0. The van der Waals surface area contributed by atoms with Gasteiger partial charge in [-0.3, -0.25) is 4.99 Å². The summed E-state index contributed by atoms with van der Waals surface area (Å²) in [6, 6.07) is 4.45. The van der Waals surface area contributed by atoms with Gasteiger partial charge in [0.25, 0.3) is 0 Å². The molecule has 18 heavy (non-hydrogen) atoms. The summed E-state index contributed by atoms with van der Waals surface area (Å²) in [5.41, 5.74) is 10.8. The van der Waals surface area contributed by atoms with E-state index in [-0.39, 0.29) is 12.4 Å². The number of nitrogens with zero attached hydrogens (tertiary/aromatic N) is 1. The number of nitrogen functional groups attached to an aromatic ring is 1. The van der Waals surface area contributed by atoms with Crippen LogP contribution in [0, 0.1) is 5.82 Å². The summed E-state index contributed by atoms with van der Waals surface area (Å²) < 4.78 is 19.7. The van der Waals surface area contributed by atoms with Crippen LogP contribution >= 0.6 is 0 Å². The van der Waals surface area contributed by atoms with Crippen molar-refractivity contribution in [2.24, 2.45) is 10.7 Å². The number of hydrogen-bond donors (Lipinski definition) is 2. The highest BCUT2D eigenvalue weighted by atomic mass is 19.1. The van der Waals surface area contributed by atoms with E-state index in [1.807, 2.05) is 13.8 Å². The van der Waals surface area contributed by atoms with E-state index >= 15 is 0 Å². The number of nitrogens with two attached hydrogens (primary N) is 2. The molecule has 98 valence electrons. The minimum atomic E-state index is -0.894. The lowest BCUT2D eigenvalue weighted by atomic mass is 9.77. The van der Waals surface area contributed by atoms with E-state index in [1.165, 1.54) is 12.1 Å². The number of anilines is 1. The molecule has 1 atom stereocenters. The van der Waals surface area contributed by atoms with Crippen molar-refractivity contribution in [3.8, 4) is 0 Å². The Balaban J connectivity index is 2.65. The number of halogens is 1. The molecule has 1 aliphatic rings. The Kier molecular flexibility index (Phi) is 2.81. The van der Waals surface area contributed by atoms with E-state index in [0.717, 1.165) is 0 Å². The molecule has 0 unspecified atom stereocenters. The highest BCUT2D eigenvalue weighted by Gasteiger charge is 2.47. The second kappa shape index (κ2) is 3.95. The van der Waals surface area contributed by atoms with Gasteiger partial charge in [-0.25, -0.2) is 4.39 Å². The molecule has 2 rings (SSSR count). The SMILES string of the molecule is CC1(C)OCC(N)=N[C@]1(C)c1cc(N)ccc1F. The van der Waals surface area contributed by atoms with Crippen molar-refractivity contribution in [3.05, 3.63) is 29.6 Å². The Bertz CT molecular complexity index is 513. The maximum atomic E-state index is 14.0. The first kappa shape index (κ1) is 12.8. The Hall–Kier alpha value is -1.62. The average Bonchev–Trinajstić information content (AvgIpc) is 2.28. The Morgan fingerprint density at radius 1 is 1.28 bits per heavy atom. The standard InChI is InChI=1S/C13H18FN3O/c1-12(2)13(3,17-11(16)7-18-12)9-6-8(15)4-5-10(9)14/h4-6H,7,15H2,1-3H3,(H2,16,17)/t13-/m1/s1. The van der Waals surface area contributed by atoms with Crippen LogP contribution in [0.25, 0.3) is 0 Å². The summed E-state index contributed by atoms with van der Waals surface area (Å²) in [5.74, 6) is 0.000439. The third-order valence-corrected chi connectivity index (χ3v) is 3.64. The van der Waals surface area contributed by atoms with Crippen molar-refractivity contribution in [2.45, 2.75) is 31.9 Å². The first-order chi connectivity index (χ1) is 8.26. The van der Waals surface area contributed by atoms with Crippen LogP contribution in [0.4, 0.5) is 10.1 Å². The number of rotatable bonds is 1. The van der Waals surface area contributed by atoms with Crippen molar-refractivity contribution in [1.82, 2.24) is 0 Å². The van der Waals surface area contributed by atoms with Gasteiger partial charge in [0, 0.05) is 11.3 Å². The molecule has 1 heterocycles. The number of hydrogen-bond acceptors (Lipinski definition) is 4. The molecule has 4 nitrogen and oxygen atoms in total. The molecule has 4 N–H and O–H groups in total. The molecular weight excluding hydrogens is 233 g/mol. The monoisotopic (exact) mass is 251 g/mol. The molecule has 0 spiro atoms. The maximum Gasteiger partial charge on any atom is 0.129 e. The molecule has 0 radical (unpaired) electrons. The number of ether oxygens (including phenoxy) is 1. The van der Waals surface area contributed by atoms with E-state index in [0.29, 0.717) is 17.1 Å². The molecule has 5 heteroatoms. The van der Waals surface area contributed by atoms with Gasteiger partial charge >= 0.3 is 0 Å². The van der Waals surface area contributed by atoms with Crippen LogP contribution in [-0.2, 0) is 10.3 Å². The van der Waals surface area contributed by atoms with Crippen LogP contribution in [0.5, 0.6) is 0 Å². The van der Waals surface area contributed by atoms with Gasteiger partial charge in [0.15, 0.2) is 0 Å². The van der Waals surface area contributed by atoms with Crippen molar-refractivity contribution < 1.29 is 9.13 Å². The summed E-state index contributed by atoms with van der Waals surface area (Å²) in [4.78, 5) is 4.41. The van der Waals surface area contributed by atoms with Crippen LogP contribution in [0.1, 0.15) is 26.3 Å². The zero-order chi connectivity index (χ0) is 13.6. The van der Waals surface area contributed by atoms with Gasteiger partial charge in [-0.2, -0.15) is 0 Å². The highest BCUT2D eigenvalue weighted by molar-refractivity contribution is 5.83. The van der Waals surface area contributed by atoms with Gasteiger partial charge in [0.2, 0.25) is 0 Å². The van der Waals surface area contributed by atoms with Gasteiger partial charge in [-0.05, 0) is 39.0 Å². The zero-order valence-electron chi connectivity index (χ0n) is 10.8. The molecule has 0 fully saturated rings. The van der Waals surface area contributed by atoms with Crippen molar-refractivity contribution in [3.63, 3.8) is 0 Å². The lowest BCUT2D eigenvalue weighted by molar-refractivity contribution is -0.0637. The largest absolute Gasteiger partial charge is 0.399 e. The molecule has 0 saturated carbocycles. The summed E-state index contributed by atoms with van der Waals surface area (Å²) >= 11 is 0. The van der Waals surface area contributed by atoms with Crippen LogP contribution in [0.15, 0.2) is 23.2 Å². The normalized spacial score (nSPS) is 26.8. The quantitative estimate of drug-likeness (QED) is 0.747. The number of benzene rings is 1. The van der Waals surface area contributed by atoms with Gasteiger partial charge in [0.1, 0.15) is 23.8 Å². The molecule has 0 saturated heterocycles. The predicted octanol–water partition coefficient (Wildman–Crippen LogP) is 1.79. The predicted molar refractivity (Wildman–Crippen MR) is 69.8 cm³/mol. The lowest BCUT2D eigenvalue weighted by Gasteiger charge is -2.44. The third-order valence-electron chi connectivity index (χ3n) is 3.64. The molecule has 1 aromatic rings. The van der Waals surface area contributed by atoms with Crippen molar-refractivity contribution >= 4 is 11.5 Å². The van der Waals surface area contributed by atoms with Crippen LogP contribution in [0.3, 0.4) is 0 Å². The smallest absolute Gasteiger partial charge is 0.129 e. The van der Waals surface area contributed by atoms with E-state index in [2.05, 4.69) is 4.99 Å². The van der Waals surface area contributed by atoms with E-state index in [1.54, 1.807) is 13.0 Å². The topological polar surface area (TPSA) is 73.6 Å². The maximum absolute atomic E-state index is 14.0. The highest BCUT2D eigenvalue weighted by Crippen LogP contribution is 2.42. The molecule has 1 aromatic carbocycles. The lowest BCUT2D eigenvalue weighted by Crippen LogP contribution is -2.52. The van der Waals surface area contributed by atoms with Crippen molar-refractivity contribution in [2.75, 3.05) is 12.3 Å². The molecule has 0 amide bonds. The molecular formula is C13H18FN3O. The average molecular weight is 251 g/mol. The number of amidine groups is 1. The molecule has 1 aliphatic heterocycles. The van der Waals surface area contributed by atoms with Gasteiger partial charge < -0.3 is 16.2 Å². The fourth-order valence-corrected chi connectivity index (χ4v) is 2.15. The first-order valence-electron chi connectivity index (χ1n) is 5.80. The van der Waals surface area contributed by atoms with Crippen LogP contribution in [-0.4, -0.2) is 18.0 Å². The second-order valence-electron chi connectivity index (χ2n) is 5.21. The Morgan fingerprint density at radius 3 is 2.61 bits per heavy atom. The first-order valence-corrected chi connectivity index (χ1v) is 5.80. The summed E-state index contributed by atoms with van der Waals surface area (Å²) in [7, 11) is 0. The zero-order valence-corrected chi connectivity index (χ0v) is 10.8. The van der Waals surface area contributed by atoms with Crippen LogP contribution in [0.2, 0.25) is 0 Å². The molecule has 0 aliphatic carbocycles. The number of aliphatic imine (C=N–C) groups is 1. The Morgan fingerprint density at radius 2 is 1.94 bits per heavy atom. The van der Waals surface area contributed by atoms with E-state index < -0.39 is 11.1 Å². The fraction of sp³-hybridized carbons (Fsp3) is 0.462. The summed E-state index contributed by atoms with van der Waals surface area (Å²) in [6.07, 6.45) is 0. The van der Waals surface area contributed by atoms with Gasteiger partial charge in [0.05, 0.1) is 5.60 Å². The van der Waals surface area contributed by atoms with Gasteiger partial charge in [-0.1, -0.05) is 0 Å². The van der Waals surface area contributed by atoms with E-state index in [4.69, 9.17) is 16.2 Å². The second-order valence-corrected chi connectivity index (χ2v) is 5.21. The summed E-state index contributed by atoms with van der Waals surface area (Å²) in [6.45, 7) is 5.79. The fourth-order valence-electron chi connectivity index (χ4n) is 2.15. The minimum absolute atomic E-state index is 0.256. The van der Waals surface area contributed by atoms with Crippen molar-refractivity contribution in [1.29, 1.82) is 0 Å². The van der Waals surface area contributed by atoms with Gasteiger partial charge in [-0.15, -0.1) is 0 Å². The molecule has 0 aromatic heterocycles. The Labute approximate surface area is 106 Å². The van der Waals surface area contributed by atoms with E-state index in [9.17, 15) is 4.39 Å². The van der Waals surface area contributed by atoms with Crippen LogP contribution < -0.4 is 11.5 Å². The molecule has 0 bridgehead atoms.